The van der Waals surface area contributed by atoms with Gasteiger partial charge in [-0.1, -0.05) is 15.9 Å². The van der Waals surface area contributed by atoms with Gasteiger partial charge in [-0.2, -0.15) is 0 Å². The molecule has 0 saturated heterocycles. The van der Waals surface area contributed by atoms with Gasteiger partial charge in [0, 0.05) is 21.0 Å². The lowest BCUT2D eigenvalue weighted by Gasteiger charge is -2.04. The number of amides is 1. The van der Waals surface area contributed by atoms with Gasteiger partial charge in [-0.15, -0.1) is 11.3 Å². The maximum Gasteiger partial charge on any atom is 0.257 e. The first-order chi connectivity index (χ1) is 11.6. The molecular formula is C17H12Br2N2O2S. The van der Waals surface area contributed by atoms with Crippen LogP contribution in [0.3, 0.4) is 0 Å². The number of thiazole rings is 1. The number of carbonyl (C=O) groups is 1. The zero-order valence-electron chi connectivity index (χ0n) is 12.5. The molecule has 24 heavy (non-hydrogen) atoms. The van der Waals surface area contributed by atoms with Crippen molar-refractivity contribution in [2.75, 3.05) is 12.4 Å². The zero-order valence-corrected chi connectivity index (χ0v) is 16.5. The number of hydrogen-bond donors (Lipinski definition) is 1. The normalized spacial score (nSPS) is 10.5. The predicted molar refractivity (Wildman–Crippen MR) is 104 cm³/mol. The Hall–Kier alpha value is -1.70. The Kier molecular flexibility index (Phi) is 5.33. The second-order valence-electron chi connectivity index (χ2n) is 4.85. The van der Waals surface area contributed by atoms with Crippen LogP contribution in [0, 0.1) is 0 Å². The Morgan fingerprint density at radius 2 is 1.92 bits per heavy atom. The van der Waals surface area contributed by atoms with Crippen molar-refractivity contribution < 1.29 is 9.53 Å². The van der Waals surface area contributed by atoms with Crippen molar-refractivity contribution in [3.63, 3.8) is 0 Å². The van der Waals surface area contributed by atoms with Gasteiger partial charge in [-0.05, 0) is 58.4 Å². The van der Waals surface area contributed by atoms with Crippen molar-refractivity contribution in [2.24, 2.45) is 0 Å². The summed E-state index contributed by atoms with van der Waals surface area (Å²) in [6, 6.07) is 12.9. The summed E-state index contributed by atoms with van der Waals surface area (Å²) in [7, 11) is 1.62. The number of nitrogens with zero attached hydrogens (tertiary/aromatic N) is 1. The summed E-state index contributed by atoms with van der Waals surface area (Å²) in [5, 5.41) is 5.29. The fourth-order valence-electron chi connectivity index (χ4n) is 2.06. The maximum absolute atomic E-state index is 12.2. The van der Waals surface area contributed by atoms with E-state index in [1.54, 1.807) is 19.2 Å². The van der Waals surface area contributed by atoms with Crippen LogP contribution in [0.1, 0.15) is 10.4 Å². The minimum atomic E-state index is -0.181. The van der Waals surface area contributed by atoms with E-state index in [2.05, 4.69) is 42.2 Å². The molecule has 0 aliphatic heterocycles. The third kappa shape index (κ3) is 3.85. The molecule has 122 valence electrons. The van der Waals surface area contributed by atoms with Gasteiger partial charge in [0.25, 0.3) is 5.91 Å². The number of halogens is 2. The van der Waals surface area contributed by atoms with Crippen molar-refractivity contribution in [1.29, 1.82) is 0 Å². The summed E-state index contributed by atoms with van der Waals surface area (Å²) in [4.78, 5) is 16.7. The molecule has 1 heterocycles. The van der Waals surface area contributed by atoms with Crippen molar-refractivity contribution in [3.8, 4) is 17.0 Å². The summed E-state index contributed by atoms with van der Waals surface area (Å²) in [6.45, 7) is 0. The Morgan fingerprint density at radius 1 is 1.17 bits per heavy atom. The number of carbonyl (C=O) groups excluding carboxylic acids is 1. The molecule has 0 radical (unpaired) electrons. The Morgan fingerprint density at radius 3 is 2.58 bits per heavy atom. The number of anilines is 1. The first-order valence-electron chi connectivity index (χ1n) is 6.93. The SMILES string of the molecule is COc1ccc(-c2csc(NC(=O)c3ccc(Br)cc3)n2)cc1Br. The lowest BCUT2D eigenvalue weighted by atomic mass is 10.2. The number of ether oxygens (including phenoxy) is 1. The number of rotatable bonds is 4. The van der Waals surface area contributed by atoms with Crippen molar-refractivity contribution in [1.82, 2.24) is 4.98 Å². The monoisotopic (exact) mass is 466 g/mol. The van der Waals surface area contributed by atoms with Crippen molar-refractivity contribution >= 4 is 54.2 Å². The predicted octanol–water partition coefficient (Wildman–Crippen LogP) is 5.60. The van der Waals surface area contributed by atoms with Crippen LogP contribution in [0.25, 0.3) is 11.3 Å². The number of hydrogen-bond acceptors (Lipinski definition) is 4. The molecular weight excluding hydrogens is 456 g/mol. The molecule has 3 aromatic rings. The first kappa shape index (κ1) is 17.1. The maximum atomic E-state index is 12.2. The number of aromatic nitrogens is 1. The zero-order chi connectivity index (χ0) is 17.1. The highest BCUT2D eigenvalue weighted by Gasteiger charge is 2.11. The second-order valence-corrected chi connectivity index (χ2v) is 7.48. The number of methoxy groups -OCH3 is 1. The van der Waals surface area contributed by atoms with Crippen LogP contribution in [-0.4, -0.2) is 18.0 Å². The standard InChI is InChI=1S/C17H12Br2N2O2S/c1-23-15-7-4-11(8-13(15)19)14-9-24-17(20-14)21-16(22)10-2-5-12(18)6-3-10/h2-9H,1H3,(H,20,21,22). The van der Waals surface area contributed by atoms with E-state index in [1.165, 1.54) is 11.3 Å². The lowest BCUT2D eigenvalue weighted by Crippen LogP contribution is -2.11. The molecule has 7 heteroatoms. The molecule has 0 atom stereocenters. The van der Waals surface area contributed by atoms with Crippen molar-refractivity contribution in [3.05, 3.63) is 62.4 Å². The van der Waals surface area contributed by atoms with Crippen LogP contribution >= 0.6 is 43.2 Å². The van der Waals surface area contributed by atoms with Gasteiger partial charge in [0.2, 0.25) is 0 Å². The van der Waals surface area contributed by atoms with Crippen LogP contribution in [0.5, 0.6) is 5.75 Å². The van der Waals surface area contributed by atoms with E-state index in [1.807, 2.05) is 35.7 Å². The lowest BCUT2D eigenvalue weighted by molar-refractivity contribution is 0.102. The van der Waals surface area contributed by atoms with Gasteiger partial charge in [-0.25, -0.2) is 4.98 Å². The minimum absolute atomic E-state index is 0.181. The Balaban J connectivity index is 1.77. The fourth-order valence-corrected chi connectivity index (χ4v) is 3.58. The Bertz CT molecular complexity index is 879. The second kappa shape index (κ2) is 7.46. The van der Waals surface area contributed by atoms with Crippen LogP contribution < -0.4 is 10.1 Å². The minimum Gasteiger partial charge on any atom is -0.496 e. The van der Waals surface area contributed by atoms with E-state index in [9.17, 15) is 4.79 Å². The third-order valence-corrected chi connectivity index (χ3v) is 5.18. The fraction of sp³-hybridized carbons (Fsp3) is 0.0588. The quantitative estimate of drug-likeness (QED) is 0.543. The average molecular weight is 468 g/mol. The van der Waals surface area contributed by atoms with E-state index >= 15 is 0 Å². The highest BCUT2D eigenvalue weighted by atomic mass is 79.9. The molecule has 4 nitrogen and oxygen atoms in total. The third-order valence-electron chi connectivity index (χ3n) is 3.28. The van der Waals surface area contributed by atoms with E-state index in [0.717, 1.165) is 26.0 Å². The average Bonchev–Trinajstić information content (AvgIpc) is 3.04. The Labute approximate surface area is 160 Å². The van der Waals surface area contributed by atoms with E-state index in [4.69, 9.17) is 4.74 Å². The smallest absolute Gasteiger partial charge is 0.257 e. The summed E-state index contributed by atoms with van der Waals surface area (Å²) in [5.74, 6) is 0.581. The molecule has 0 spiro atoms. The molecule has 0 saturated carbocycles. The van der Waals surface area contributed by atoms with Crippen LogP contribution in [0.15, 0.2) is 56.8 Å². The largest absolute Gasteiger partial charge is 0.496 e. The van der Waals surface area contributed by atoms with Gasteiger partial charge < -0.3 is 4.74 Å². The summed E-state index contributed by atoms with van der Waals surface area (Å²) in [6.07, 6.45) is 0. The topological polar surface area (TPSA) is 51.2 Å². The highest BCUT2D eigenvalue weighted by molar-refractivity contribution is 9.10. The summed E-state index contributed by atoms with van der Waals surface area (Å²) < 4.78 is 7.01. The van der Waals surface area contributed by atoms with Gasteiger partial charge in [0.1, 0.15) is 5.75 Å². The molecule has 0 fully saturated rings. The van der Waals surface area contributed by atoms with Crippen molar-refractivity contribution in [2.45, 2.75) is 0 Å². The molecule has 1 amide bonds. The van der Waals surface area contributed by atoms with Gasteiger partial charge in [-0.3, -0.25) is 10.1 Å². The summed E-state index contributed by atoms with van der Waals surface area (Å²) in [5.41, 5.74) is 2.33. The van der Waals surface area contributed by atoms with Crippen LogP contribution in [0.4, 0.5) is 5.13 Å². The van der Waals surface area contributed by atoms with Gasteiger partial charge in [0.15, 0.2) is 5.13 Å². The molecule has 2 aromatic carbocycles. The molecule has 1 aromatic heterocycles. The summed E-state index contributed by atoms with van der Waals surface area (Å²) >= 11 is 8.20. The molecule has 3 rings (SSSR count). The van der Waals surface area contributed by atoms with E-state index in [-0.39, 0.29) is 5.91 Å². The molecule has 0 bridgehead atoms. The molecule has 0 unspecified atom stereocenters. The molecule has 0 aliphatic rings. The number of nitrogens with one attached hydrogen (secondary N) is 1. The van der Waals surface area contributed by atoms with E-state index < -0.39 is 0 Å². The highest BCUT2D eigenvalue weighted by Crippen LogP contribution is 2.32. The van der Waals surface area contributed by atoms with Crippen LogP contribution in [0.2, 0.25) is 0 Å². The first-order valence-corrected chi connectivity index (χ1v) is 9.40. The van der Waals surface area contributed by atoms with E-state index in [0.29, 0.717) is 10.7 Å². The number of benzene rings is 2. The van der Waals surface area contributed by atoms with Crippen LogP contribution in [-0.2, 0) is 0 Å². The van der Waals surface area contributed by atoms with Gasteiger partial charge in [0.05, 0.1) is 17.3 Å². The van der Waals surface area contributed by atoms with Gasteiger partial charge >= 0.3 is 0 Å². The molecule has 1 N–H and O–H groups in total. The molecule has 0 aliphatic carbocycles.